The van der Waals surface area contributed by atoms with Gasteiger partial charge in [-0.3, -0.25) is 4.79 Å². The van der Waals surface area contributed by atoms with Gasteiger partial charge in [-0.25, -0.2) is 4.68 Å². The van der Waals surface area contributed by atoms with Crippen molar-refractivity contribution in [3.63, 3.8) is 0 Å². The monoisotopic (exact) mass is 434 g/mol. The summed E-state index contributed by atoms with van der Waals surface area (Å²) in [4.78, 5) is 24.3. The first-order chi connectivity index (χ1) is 15.4. The Kier molecular flexibility index (Phi) is 4.72. The van der Waals surface area contributed by atoms with Crippen molar-refractivity contribution in [1.82, 2.24) is 35.3 Å². The Morgan fingerprint density at radius 2 is 2.16 bits per heavy atom. The van der Waals surface area contributed by atoms with Gasteiger partial charge < -0.3 is 20.4 Å². The third-order valence-corrected chi connectivity index (χ3v) is 6.10. The van der Waals surface area contributed by atoms with Gasteiger partial charge in [-0.15, -0.1) is 5.10 Å². The van der Waals surface area contributed by atoms with Gasteiger partial charge in [0.05, 0.1) is 18.0 Å². The Hall–Kier alpha value is -3.69. The van der Waals surface area contributed by atoms with Crippen LogP contribution in [0.3, 0.4) is 0 Å². The van der Waals surface area contributed by atoms with Gasteiger partial charge in [0.2, 0.25) is 17.7 Å². The number of ether oxygens (including phenoxy) is 1. The first kappa shape index (κ1) is 20.2. The van der Waals surface area contributed by atoms with Gasteiger partial charge in [0.25, 0.3) is 0 Å². The molecule has 1 saturated carbocycles. The number of hydrogen-bond acceptors (Lipinski definition) is 7. The fourth-order valence-electron chi connectivity index (χ4n) is 4.48. The van der Waals surface area contributed by atoms with E-state index in [0.717, 1.165) is 40.4 Å². The average Bonchev–Trinajstić information content (AvgIpc) is 3.35. The lowest BCUT2D eigenvalue weighted by Crippen LogP contribution is -2.59. The second-order valence-electron chi connectivity index (χ2n) is 8.61. The van der Waals surface area contributed by atoms with Crippen molar-refractivity contribution in [2.45, 2.75) is 44.7 Å². The number of benzene rings is 1. The van der Waals surface area contributed by atoms with Crippen molar-refractivity contribution in [2.75, 3.05) is 12.4 Å². The van der Waals surface area contributed by atoms with Crippen molar-refractivity contribution in [2.24, 2.45) is 7.05 Å². The molecule has 0 unspecified atom stereocenters. The molecule has 1 amide bonds. The molecule has 0 bridgehead atoms. The highest BCUT2D eigenvalue weighted by Crippen LogP contribution is 2.37. The number of methoxy groups -OCH3 is 1. The summed E-state index contributed by atoms with van der Waals surface area (Å²) in [6, 6.07) is 6.19. The van der Waals surface area contributed by atoms with Crippen molar-refractivity contribution < 1.29 is 9.53 Å². The number of nitrogens with one attached hydrogen (secondary N) is 3. The molecular weight excluding hydrogens is 408 g/mol. The van der Waals surface area contributed by atoms with Crippen LogP contribution in [0.2, 0.25) is 0 Å². The molecule has 5 rings (SSSR count). The summed E-state index contributed by atoms with van der Waals surface area (Å²) in [5.41, 5.74) is 4.24. The molecular formula is C22H26N8O2. The molecule has 10 nitrogen and oxygen atoms in total. The van der Waals surface area contributed by atoms with E-state index in [4.69, 9.17) is 4.74 Å². The maximum absolute atomic E-state index is 11.7. The zero-order chi connectivity index (χ0) is 22.5. The van der Waals surface area contributed by atoms with E-state index in [1.807, 2.05) is 38.4 Å². The molecule has 3 N–H and O–H groups in total. The van der Waals surface area contributed by atoms with Crippen LogP contribution in [0.15, 0.2) is 24.4 Å². The molecule has 0 saturated heterocycles. The number of aryl methyl sites for hydroxylation is 1. The van der Waals surface area contributed by atoms with Gasteiger partial charge in [-0.1, -0.05) is 18.2 Å². The summed E-state index contributed by atoms with van der Waals surface area (Å²) in [6.07, 6.45) is 4.04. The fourth-order valence-corrected chi connectivity index (χ4v) is 4.48. The molecule has 10 heteroatoms. The summed E-state index contributed by atoms with van der Waals surface area (Å²) < 4.78 is 7.38. The van der Waals surface area contributed by atoms with Gasteiger partial charge in [0.15, 0.2) is 0 Å². The molecule has 0 radical (unpaired) electrons. The van der Waals surface area contributed by atoms with Crippen molar-refractivity contribution in [1.29, 1.82) is 0 Å². The molecule has 3 aromatic heterocycles. The Morgan fingerprint density at radius 1 is 1.34 bits per heavy atom. The molecule has 0 aliphatic heterocycles. The molecule has 1 aromatic carbocycles. The smallest absolute Gasteiger partial charge is 0.228 e. The van der Waals surface area contributed by atoms with Crippen LogP contribution in [-0.2, 0) is 11.8 Å². The number of aromatic amines is 1. The number of fused-ring (bicyclic) bond motifs is 2. The molecule has 4 aromatic rings. The standard InChI is InChI=1S/C22H26N8O2/c1-5-17(31)27-22(2)9-13(10-22)24-21-25-19-18(20(26-21)32-4)14(11-23-19)12-6-7-15-16(8-12)30(3)29-28-15/h6-8,11,13H,5,9-10H2,1-4H3,(H,27,31)(H2,23,24,25,26)/t13-,22+. The van der Waals surface area contributed by atoms with Gasteiger partial charge in [-0.05, 0) is 37.5 Å². The van der Waals surface area contributed by atoms with Crippen LogP contribution in [0.5, 0.6) is 5.88 Å². The first-order valence-corrected chi connectivity index (χ1v) is 10.7. The molecule has 0 atom stereocenters. The number of carbonyl (C=O) groups is 1. The fraction of sp³-hybridized carbons (Fsp3) is 0.409. The highest BCUT2D eigenvalue weighted by atomic mass is 16.5. The number of nitrogens with zero attached hydrogens (tertiary/aromatic N) is 5. The summed E-state index contributed by atoms with van der Waals surface area (Å²) >= 11 is 0. The van der Waals surface area contributed by atoms with Gasteiger partial charge >= 0.3 is 0 Å². The highest BCUT2D eigenvalue weighted by molar-refractivity contribution is 5.99. The van der Waals surface area contributed by atoms with E-state index in [-0.39, 0.29) is 17.5 Å². The molecule has 1 aliphatic rings. The molecule has 1 aliphatic carbocycles. The number of H-pyrrole nitrogens is 1. The quantitative estimate of drug-likeness (QED) is 0.426. The maximum Gasteiger partial charge on any atom is 0.228 e. The number of anilines is 1. The zero-order valence-corrected chi connectivity index (χ0v) is 18.6. The zero-order valence-electron chi connectivity index (χ0n) is 18.6. The summed E-state index contributed by atoms with van der Waals surface area (Å²) in [5, 5.41) is 15.5. The van der Waals surface area contributed by atoms with Crippen LogP contribution in [0.4, 0.5) is 5.95 Å². The lowest BCUT2D eigenvalue weighted by atomic mass is 9.74. The number of carbonyl (C=O) groups excluding carboxylic acids is 1. The van der Waals surface area contributed by atoms with E-state index in [9.17, 15) is 4.79 Å². The van der Waals surface area contributed by atoms with Gasteiger partial charge in [0, 0.05) is 36.8 Å². The van der Waals surface area contributed by atoms with E-state index in [1.165, 1.54) is 0 Å². The van der Waals surface area contributed by atoms with Crippen LogP contribution >= 0.6 is 0 Å². The van der Waals surface area contributed by atoms with E-state index in [2.05, 4.69) is 42.8 Å². The molecule has 3 heterocycles. The lowest BCUT2D eigenvalue weighted by Gasteiger charge is -2.45. The SMILES string of the molecule is CCC(=O)N[C@]1(C)C[C@H](Nc2nc(OC)c3c(-c4ccc5nnn(C)c5c4)c[nH]c3n2)C1. The Labute approximate surface area is 184 Å². The molecule has 166 valence electrons. The minimum absolute atomic E-state index is 0.0734. The van der Waals surface area contributed by atoms with Crippen molar-refractivity contribution in [3.8, 4) is 17.0 Å². The van der Waals surface area contributed by atoms with E-state index in [0.29, 0.717) is 23.9 Å². The number of amides is 1. The van der Waals surface area contributed by atoms with Crippen LogP contribution in [0, 0.1) is 0 Å². The predicted octanol–water partition coefficient (Wildman–Crippen LogP) is 2.77. The van der Waals surface area contributed by atoms with E-state index >= 15 is 0 Å². The summed E-state index contributed by atoms with van der Waals surface area (Å²) in [5.74, 6) is 1.07. The largest absolute Gasteiger partial charge is 0.480 e. The second kappa shape index (κ2) is 7.47. The predicted molar refractivity (Wildman–Crippen MR) is 121 cm³/mol. The number of aromatic nitrogens is 6. The summed E-state index contributed by atoms with van der Waals surface area (Å²) in [7, 11) is 3.48. The third kappa shape index (κ3) is 3.41. The van der Waals surface area contributed by atoms with E-state index in [1.54, 1.807) is 11.8 Å². The third-order valence-electron chi connectivity index (χ3n) is 6.10. The Bertz CT molecular complexity index is 1320. The van der Waals surface area contributed by atoms with Crippen LogP contribution < -0.4 is 15.4 Å². The minimum Gasteiger partial charge on any atom is -0.480 e. The van der Waals surface area contributed by atoms with E-state index < -0.39 is 0 Å². The lowest BCUT2D eigenvalue weighted by molar-refractivity contribution is -0.123. The van der Waals surface area contributed by atoms with Gasteiger partial charge in [-0.2, -0.15) is 9.97 Å². The number of hydrogen-bond donors (Lipinski definition) is 3. The first-order valence-electron chi connectivity index (χ1n) is 10.7. The number of rotatable bonds is 6. The second-order valence-corrected chi connectivity index (χ2v) is 8.61. The molecule has 1 fully saturated rings. The molecule has 0 spiro atoms. The van der Waals surface area contributed by atoms with Crippen LogP contribution in [0.1, 0.15) is 33.1 Å². The van der Waals surface area contributed by atoms with Gasteiger partial charge in [0.1, 0.15) is 11.2 Å². The average molecular weight is 435 g/mol. The summed E-state index contributed by atoms with van der Waals surface area (Å²) in [6.45, 7) is 3.92. The normalized spacial score (nSPS) is 20.3. The Balaban J connectivity index is 1.42. The highest BCUT2D eigenvalue weighted by Gasteiger charge is 2.41. The van der Waals surface area contributed by atoms with Crippen LogP contribution in [-0.4, -0.2) is 54.5 Å². The maximum atomic E-state index is 11.7. The topological polar surface area (TPSA) is 123 Å². The van der Waals surface area contributed by atoms with Crippen molar-refractivity contribution in [3.05, 3.63) is 24.4 Å². The Morgan fingerprint density at radius 3 is 2.91 bits per heavy atom. The molecule has 32 heavy (non-hydrogen) atoms. The van der Waals surface area contributed by atoms with Crippen LogP contribution in [0.25, 0.3) is 33.2 Å². The minimum atomic E-state index is -0.183. The van der Waals surface area contributed by atoms with Crippen molar-refractivity contribution >= 4 is 33.9 Å².